The number of nitrogens with one attached hydrogen (secondary N) is 2. The lowest BCUT2D eigenvalue weighted by atomic mass is 10.1. The number of carbonyl (C=O) groups excluding carboxylic acids is 1. The summed E-state index contributed by atoms with van der Waals surface area (Å²) < 4.78 is 29.5. The van der Waals surface area contributed by atoms with Crippen LogP contribution in [0.1, 0.15) is 28.4 Å². The van der Waals surface area contributed by atoms with Crippen LogP contribution in [0, 0.1) is 0 Å². The quantitative estimate of drug-likeness (QED) is 0.293. The summed E-state index contributed by atoms with van der Waals surface area (Å²) in [6.45, 7) is 0.337. The molecule has 0 bridgehead atoms. The molecule has 0 spiro atoms. The number of aliphatic imine (C=N–C) groups is 1. The van der Waals surface area contributed by atoms with Crippen molar-refractivity contribution in [3.8, 4) is 5.75 Å². The van der Waals surface area contributed by atoms with E-state index >= 15 is 0 Å². The number of nitrogens with two attached hydrogens (primary N) is 1. The number of primary amides is 1. The number of halogens is 3. The zero-order valence-corrected chi connectivity index (χ0v) is 17.7. The number of nitrogens with zero attached hydrogens (tertiary/aromatic N) is 1. The summed E-state index contributed by atoms with van der Waals surface area (Å²) in [4.78, 5) is 15.5. The van der Waals surface area contributed by atoms with Crippen LogP contribution in [0.5, 0.6) is 5.75 Å². The summed E-state index contributed by atoms with van der Waals surface area (Å²) in [5, 5.41) is 6.18. The van der Waals surface area contributed by atoms with Gasteiger partial charge in [-0.2, -0.15) is 8.78 Å². The molecule has 2 rings (SSSR count). The van der Waals surface area contributed by atoms with Crippen molar-refractivity contribution in [1.82, 2.24) is 10.6 Å². The van der Waals surface area contributed by atoms with Gasteiger partial charge in [0.15, 0.2) is 5.96 Å². The van der Waals surface area contributed by atoms with Crippen LogP contribution in [0.25, 0.3) is 0 Å². The molecule has 0 aromatic heterocycles. The topological polar surface area (TPSA) is 88.7 Å². The SMILES string of the molecule is CCNC(=NCc1ccc(C(N)=O)cc1)NCc1ccccc1OC(F)F.I. The molecule has 2 aromatic carbocycles. The average Bonchev–Trinajstić information content (AvgIpc) is 2.65. The molecule has 0 aliphatic carbocycles. The fourth-order valence-electron chi connectivity index (χ4n) is 2.33. The normalized spacial score (nSPS) is 10.9. The highest BCUT2D eigenvalue weighted by Crippen LogP contribution is 2.19. The van der Waals surface area contributed by atoms with Crippen molar-refractivity contribution in [3.63, 3.8) is 0 Å². The smallest absolute Gasteiger partial charge is 0.387 e. The molecule has 0 saturated carbocycles. The van der Waals surface area contributed by atoms with Gasteiger partial charge < -0.3 is 21.1 Å². The van der Waals surface area contributed by atoms with E-state index in [1.807, 2.05) is 6.92 Å². The van der Waals surface area contributed by atoms with Gasteiger partial charge in [0.05, 0.1) is 6.54 Å². The highest BCUT2D eigenvalue weighted by Gasteiger charge is 2.09. The van der Waals surface area contributed by atoms with Crippen LogP contribution in [0.4, 0.5) is 8.78 Å². The largest absolute Gasteiger partial charge is 0.434 e. The number of carbonyl (C=O) groups is 1. The third-order valence-electron chi connectivity index (χ3n) is 3.64. The van der Waals surface area contributed by atoms with Gasteiger partial charge in [0.1, 0.15) is 5.75 Å². The minimum atomic E-state index is -2.88. The van der Waals surface area contributed by atoms with Gasteiger partial charge in [0.2, 0.25) is 5.91 Å². The minimum absolute atomic E-state index is 0. The van der Waals surface area contributed by atoms with E-state index in [4.69, 9.17) is 5.73 Å². The monoisotopic (exact) mass is 504 g/mol. The first-order chi connectivity index (χ1) is 13.0. The summed E-state index contributed by atoms with van der Waals surface area (Å²) in [5.41, 5.74) is 7.15. The van der Waals surface area contributed by atoms with E-state index < -0.39 is 12.5 Å². The molecule has 2 aromatic rings. The van der Waals surface area contributed by atoms with Crippen LogP contribution < -0.4 is 21.1 Å². The number of benzene rings is 2. The van der Waals surface area contributed by atoms with Gasteiger partial charge in [-0.3, -0.25) is 4.79 Å². The van der Waals surface area contributed by atoms with Crippen molar-refractivity contribution < 1.29 is 18.3 Å². The van der Waals surface area contributed by atoms with Gasteiger partial charge in [-0.25, -0.2) is 4.99 Å². The Bertz CT molecular complexity index is 786. The Morgan fingerprint density at radius 2 is 1.82 bits per heavy atom. The molecule has 0 atom stereocenters. The van der Waals surface area contributed by atoms with Gasteiger partial charge in [-0.1, -0.05) is 30.3 Å². The molecular weight excluding hydrogens is 481 g/mol. The number of para-hydroxylation sites is 1. The van der Waals surface area contributed by atoms with E-state index in [2.05, 4.69) is 20.4 Å². The van der Waals surface area contributed by atoms with Gasteiger partial charge in [0.25, 0.3) is 0 Å². The number of ether oxygens (including phenoxy) is 1. The summed E-state index contributed by atoms with van der Waals surface area (Å²) in [5.74, 6) is 0.172. The lowest BCUT2D eigenvalue weighted by Crippen LogP contribution is -2.36. The zero-order chi connectivity index (χ0) is 19.6. The first-order valence-corrected chi connectivity index (χ1v) is 8.43. The van der Waals surface area contributed by atoms with Crippen molar-refractivity contribution in [3.05, 3.63) is 65.2 Å². The second-order valence-electron chi connectivity index (χ2n) is 5.60. The Balaban J connectivity index is 0.00000392. The van der Waals surface area contributed by atoms with Gasteiger partial charge >= 0.3 is 6.61 Å². The maximum Gasteiger partial charge on any atom is 0.387 e. The van der Waals surface area contributed by atoms with Crippen molar-refractivity contribution >= 4 is 35.8 Å². The second kappa shape index (κ2) is 12.1. The third-order valence-corrected chi connectivity index (χ3v) is 3.64. The number of alkyl halides is 2. The predicted octanol–water partition coefficient (Wildman–Crippen LogP) is 3.26. The summed E-state index contributed by atoms with van der Waals surface area (Å²) in [6.07, 6.45) is 0. The molecule has 0 saturated heterocycles. The fourth-order valence-corrected chi connectivity index (χ4v) is 2.33. The van der Waals surface area contributed by atoms with Crippen molar-refractivity contribution in [2.24, 2.45) is 10.7 Å². The Labute approximate surface area is 179 Å². The number of hydrogen-bond acceptors (Lipinski definition) is 3. The van der Waals surface area contributed by atoms with E-state index in [1.54, 1.807) is 42.5 Å². The van der Waals surface area contributed by atoms with Crippen LogP contribution in [0.2, 0.25) is 0 Å². The highest BCUT2D eigenvalue weighted by molar-refractivity contribution is 14.0. The van der Waals surface area contributed by atoms with Gasteiger partial charge in [-0.05, 0) is 30.7 Å². The predicted molar refractivity (Wildman–Crippen MR) is 115 cm³/mol. The van der Waals surface area contributed by atoms with Crippen molar-refractivity contribution in [2.45, 2.75) is 26.6 Å². The van der Waals surface area contributed by atoms with Gasteiger partial charge in [0, 0.05) is 24.2 Å². The van der Waals surface area contributed by atoms with Crippen LogP contribution in [-0.4, -0.2) is 25.0 Å². The lowest BCUT2D eigenvalue weighted by Gasteiger charge is -2.14. The number of guanidine groups is 1. The third kappa shape index (κ3) is 7.67. The standard InChI is InChI=1S/C19H22F2N4O2.HI/c1-2-23-19(24-11-13-7-9-14(10-8-13)17(22)26)25-12-15-5-3-4-6-16(15)27-18(20)21;/h3-10,18H,2,11-12H2,1H3,(H2,22,26)(H2,23,24,25);1H. The van der Waals surface area contributed by atoms with Gasteiger partial charge in [-0.15, -0.1) is 24.0 Å². The molecule has 1 amide bonds. The maximum atomic E-state index is 12.5. The number of hydrogen-bond donors (Lipinski definition) is 3. The summed E-state index contributed by atoms with van der Waals surface area (Å²) in [6, 6.07) is 13.4. The number of rotatable bonds is 8. The van der Waals surface area contributed by atoms with Crippen LogP contribution in [0.15, 0.2) is 53.5 Å². The average molecular weight is 504 g/mol. The van der Waals surface area contributed by atoms with E-state index in [0.717, 1.165) is 5.56 Å². The molecule has 6 nitrogen and oxygen atoms in total. The Morgan fingerprint density at radius 1 is 1.14 bits per heavy atom. The first kappa shape index (κ1) is 23.6. The molecule has 9 heteroatoms. The molecular formula is C19H23F2IN4O2. The molecule has 0 unspecified atom stereocenters. The van der Waals surface area contributed by atoms with E-state index in [0.29, 0.717) is 30.2 Å². The molecule has 0 fully saturated rings. The molecule has 0 aliphatic rings. The second-order valence-corrected chi connectivity index (χ2v) is 5.60. The zero-order valence-electron chi connectivity index (χ0n) is 15.3. The van der Waals surface area contributed by atoms with Crippen molar-refractivity contribution in [2.75, 3.05) is 6.54 Å². The first-order valence-electron chi connectivity index (χ1n) is 8.43. The van der Waals surface area contributed by atoms with Crippen LogP contribution in [-0.2, 0) is 13.1 Å². The molecule has 4 N–H and O–H groups in total. The summed E-state index contributed by atoms with van der Waals surface area (Å²) >= 11 is 0. The van der Waals surface area contributed by atoms with E-state index in [9.17, 15) is 13.6 Å². The van der Waals surface area contributed by atoms with Crippen LogP contribution >= 0.6 is 24.0 Å². The molecule has 0 heterocycles. The molecule has 0 aliphatic heterocycles. The Morgan fingerprint density at radius 3 is 2.43 bits per heavy atom. The van der Waals surface area contributed by atoms with Crippen molar-refractivity contribution in [1.29, 1.82) is 0 Å². The maximum absolute atomic E-state index is 12.5. The van der Waals surface area contributed by atoms with E-state index in [1.165, 1.54) is 6.07 Å². The minimum Gasteiger partial charge on any atom is -0.434 e. The molecule has 152 valence electrons. The van der Waals surface area contributed by atoms with E-state index in [-0.39, 0.29) is 36.3 Å². The Hall–Kier alpha value is -2.43. The van der Waals surface area contributed by atoms with Crippen LogP contribution in [0.3, 0.4) is 0 Å². The summed E-state index contributed by atoms with van der Waals surface area (Å²) in [7, 11) is 0. The fraction of sp³-hybridized carbons (Fsp3) is 0.263. The molecule has 0 radical (unpaired) electrons. The molecule has 28 heavy (non-hydrogen) atoms. The lowest BCUT2D eigenvalue weighted by molar-refractivity contribution is -0.0504. The Kier molecular flexibility index (Phi) is 10.2. The number of amides is 1. The highest BCUT2D eigenvalue weighted by atomic mass is 127.